The second-order valence-electron chi connectivity index (χ2n) is 3.77. The van der Waals surface area contributed by atoms with E-state index in [1.54, 1.807) is 0 Å². The van der Waals surface area contributed by atoms with E-state index in [2.05, 4.69) is 11.5 Å². The molecule has 0 aliphatic carbocycles. The first-order valence-electron chi connectivity index (χ1n) is 4.68. The van der Waals surface area contributed by atoms with E-state index in [1.807, 2.05) is 25.1 Å². The van der Waals surface area contributed by atoms with Crippen LogP contribution in [0.2, 0.25) is 0 Å². The summed E-state index contributed by atoms with van der Waals surface area (Å²) in [7, 11) is 0. The number of aldehydes is 1. The molecule has 2 rings (SSSR count). The van der Waals surface area contributed by atoms with E-state index in [9.17, 15) is 4.79 Å². The lowest BCUT2D eigenvalue weighted by molar-refractivity contribution is 0.112. The van der Waals surface area contributed by atoms with E-state index in [-0.39, 0.29) is 0 Å². The van der Waals surface area contributed by atoms with Gasteiger partial charge in [-0.05, 0) is 36.3 Å². The number of carbonyl (C=O) groups excluding carboxylic acids is 1. The van der Waals surface area contributed by atoms with Crippen LogP contribution in [-0.2, 0) is 0 Å². The van der Waals surface area contributed by atoms with E-state index in [1.165, 1.54) is 11.3 Å². The molecule has 0 atom stereocenters. The summed E-state index contributed by atoms with van der Waals surface area (Å²) < 4.78 is 0. The minimum absolute atomic E-state index is 0.741. The van der Waals surface area contributed by atoms with Crippen LogP contribution in [-0.4, -0.2) is 19.4 Å². The van der Waals surface area contributed by atoms with Crippen LogP contribution >= 0.6 is 0 Å². The summed E-state index contributed by atoms with van der Waals surface area (Å²) in [5, 5.41) is 0. The standard InChI is InChI=1S/C12H13NO/c1-9-6-13(7-9)12-4-3-11(8-14)5-10(12)2/h3-5,8H,1,6-7H2,2H3. The lowest BCUT2D eigenvalue weighted by atomic mass is 10.0. The van der Waals surface area contributed by atoms with Crippen LogP contribution in [0.15, 0.2) is 30.4 Å². The van der Waals surface area contributed by atoms with Gasteiger partial charge in [-0.3, -0.25) is 4.79 Å². The molecule has 0 radical (unpaired) electrons. The van der Waals surface area contributed by atoms with Crippen molar-refractivity contribution in [3.63, 3.8) is 0 Å². The molecule has 0 spiro atoms. The zero-order valence-corrected chi connectivity index (χ0v) is 8.29. The maximum atomic E-state index is 10.5. The van der Waals surface area contributed by atoms with Gasteiger partial charge in [-0.15, -0.1) is 0 Å². The average molecular weight is 187 g/mol. The fourth-order valence-electron chi connectivity index (χ4n) is 1.77. The molecule has 1 aliphatic heterocycles. The molecule has 72 valence electrons. The van der Waals surface area contributed by atoms with Crippen molar-refractivity contribution in [1.82, 2.24) is 0 Å². The molecule has 0 N–H and O–H groups in total. The predicted octanol–water partition coefficient (Wildman–Crippen LogP) is 2.18. The molecule has 1 heterocycles. The molecular weight excluding hydrogens is 174 g/mol. The van der Waals surface area contributed by atoms with Gasteiger partial charge in [0.15, 0.2) is 0 Å². The number of anilines is 1. The predicted molar refractivity (Wildman–Crippen MR) is 57.9 cm³/mol. The quantitative estimate of drug-likeness (QED) is 0.522. The first-order valence-corrected chi connectivity index (χ1v) is 4.68. The van der Waals surface area contributed by atoms with Gasteiger partial charge in [0.25, 0.3) is 0 Å². The van der Waals surface area contributed by atoms with Gasteiger partial charge in [0.2, 0.25) is 0 Å². The zero-order valence-electron chi connectivity index (χ0n) is 8.29. The van der Waals surface area contributed by atoms with Gasteiger partial charge in [-0.2, -0.15) is 0 Å². The SMILES string of the molecule is C=C1CN(c2ccc(C=O)cc2C)C1. The summed E-state index contributed by atoms with van der Waals surface area (Å²) in [4.78, 5) is 12.8. The van der Waals surface area contributed by atoms with Gasteiger partial charge in [-0.25, -0.2) is 0 Å². The second-order valence-corrected chi connectivity index (χ2v) is 3.77. The zero-order chi connectivity index (χ0) is 10.1. The van der Waals surface area contributed by atoms with E-state index < -0.39 is 0 Å². The molecule has 1 aromatic rings. The maximum absolute atomic E-state index is 10.5. The largest absolute Gasteiger partial charge is 0.363 e. The summed E-state index contributed by atoms with van der Waals surface area (Å²) in [6, 6.07) is 5.78. The molecule has 0 saturated carbocycles. The number of hydrogen-bond acceptors (Lipinski definition) is 2. The van der Waals surface area contributed by atoms with E-state index in [0.717, 1.165) is 30.5 Å². The molecule has 2 heteroatoms. The fourth-order valence-corrected chi connectivity index (χ4v) is 1.77. The third-order valence-corrected chi connectivity index (χ3v) is 2.53. The van der Waals surface area contributed by atoms with Crippen molar-refractivity contribution >= 4 is 12.0 Å². The van der Waals surface area contributed by atoms with Crippen molar-refractivity contribution in [2.75, 3.05) is 18.0 Å². The summed E-state index contributed by atoms with van der Waals surface area (Å²) >= 11 is 0. The first-order chi connectivity index (χ1) is 6.70. The lowest BCUT2D eigenvalue weighted by Crippen LogP contribution is -2.39. The summed E-state index contributed by atoms with van der Waals surface area (Å²) in [5.74, 6) is 0. The van der Waals surface area contributed by atoms with Gasteiger partial charge in [-0.1, -0.05) is 6.58 Å². The molecule has 1 fully saturated rings. The summed E-state index contributed by atoms with van der Waals surface area (Å²) in [6.45, 7) is 7.82. The van der Waals surface area contributed by atoms with Crippen molar-refractivity contribution in [3.05, 3.63) is 41.5 Å². The molecule has 14 heavy (non-hydrogen) atoms. The number of rotatable bonds is 2. The average Bonchev–Trinajstić information content (AvgIpc) is 2.13. The monoisotopic (exact) mass is 187 g/mol. The molecule has 2 nitrogen and oxygen atoms in total. The van der Waals surface area contributed by atoms with Crippen LogP contribution in [0.4, 0.5) is 5.69 Å². The van der Waals surface area contributed by atoms with Crippen LogP contribution in [0.25, 0.3) is 0 Å². The Morgan fingerprint density at radius 1 is 1.43 bits per heavy atom. The Balaban J connectivity index is 2.26. The van der Waals surface area contributed by atoms with Crippen LogP contribution in [0, 0.1) is 6.92 Å². The maximum Gasteiger partial charge on any atom is 0.150 e. The van der Waals surface area contributed by atoms with Crippen LogP contribution in [0.1, 0.15) is 15.9 Å². The number of benzene rings is 1. The van der Waals surface area contributed by atoms with Crippen molar-refractivity contribution in [2.24, 2.45) is 0 Å². The highest BCUT2D eigenvalue weighted by Crippen LogP contribution is 2.26. The Kier molecular flexibility index (Phi) is 2.12. The molecule has 0 aromatic heterocycles. The van der Waals surface area contributed by atoms with Crippen LogP contribution in [0.3, 0.4) is 0 Å². The molecular formula is C12H13NO. The number of carbonyl (C=O) groups is 1. The van der Waals surface area contributed by atoms with E-state index >= 15 is 0 Å². The van der Waals surface area contributed by atoms with Crippen molar-refractivity contribution < 1.29 is 4.79 Å². The number of aryl methyl sites for hydroxylation is 1. The highest BCUT2D eigenvalue weighted by molar-refractivity contribution is 5.77. The van der Waals surface area contributed by atoms with Crippen molar-refractivity contribution in [3.8, 4) is 0 Å². The molecule has 1 saturated heterocycles. The Labute approximate surface area is 83.8 Å². The number of nitrogens with zero attached hydrogens (tertiary/aromatic N) is 1. The Morgan fingerprint density at radius 2 is 2.14 bits per heavy atom. The highest BCUT2D eigenvalue weighted by Gasteiger charge is 2.19. The van der Waals surface area contributed by atoms with Crippen LogP contribution < -0.4 is 4.90 Å². The summed E-state index contributed by atoms with van der Waals surface area (Å²) in [6.07, 6.45) is 0.881. The Morgan fingerprint density at radius 3 is 2.64 bits per heavy atom. The van der Waals surface area contributed by atoms with E-state index in [0.29, 0.717) is 0 Å². The lowest BCUT2D eigenvalue weighted by Gasteiger charge is -2.36. The molecule has 0 bridgehead atoms. The minimum Gasteiger partial charge on any atom is -0.363 e. The van der Waals surface area contributed by atoms with Gasteiger partial charge < -0.3 is 4.90 Å². The number of hydrogen-bond donors (Lipinski definition) is 0. The third kappa shape index (κ3) is 1.43. The fraction of sp³-hybridized carbons (Fsp3) is 0.250. The van der Waals surface area contributed by atoms with Gasteiger partial charge in [0, 0.05) is 24.3 Å². The van der Waals surface area contributed by atoms with Gasteiger partial charge in [0.1, 0.15) is 6.29 Å². The van der Waals surface area contributed by atoms with Crippen molar-refractivity contribution in [1.29, 1.82) is 0 Å². The second kappa shape index (κ2) is 3.29. The van der Waals surface area contributed by atoms with Gasteiger partial charge >= 0.3 is 0 Å². The topological polar surface area (TPSA) is 20.3 Å². The Hall–Kier alpha value is -1.57. The third-order valence-electron chi connectivity index (χ3n) is 2.53. The van der Waals surface area contributed by atoms with Crippen molar-refractivity contribution in [2.45, 2.75) is 6.92 Å². The van der Waals surface area contributed by atoms with Crippen LogP contribution in [0.5, 0.6) is 0 Å². The Bertz CT molecular complexity index is 387. The molecule has 1 aromatic carbocycles. The summed E-state index contributed by atoms with van der Waals surface area (Å²) in [5.41, 5.74) is 4.37. The molecule has 0 amide bonds. The highest BCUT2D eigenvalue weighted by atomic mass is 16.1. The minimum atomic E-state index is 0.741. The first kappa shape index (κ1) is 9.00. The normalized spacial score (nSPS) is 15.2. The molecule has 1 aliphatic rings. The van der Waals surface area contributed by atoms with Gasteiger partial charge in [0.05, 0.1) is 0 Å². The smallest absolute Gasteiger partial charge is 0.150 e. The van der Waals surface area contributed by atoms with E-state index in [4.69, 9.17) is 0 Å². The molecule has 0 unspecified atom stereocenters.